The third kappa shape index (κ3) is 5.76. The van der Waals surface area contributed by atoms with E-state index >= 15 is 0 Å². The Morgan fingerprint density at radius 2 is 0.778 bits per heavy atom. The van der Waals surface area contributed by atoms with E-state index in [0.717, 1.165) is 39.4 Å². The molecule has 0 aliphatic heterocycles. The predicted molar refractivity (Wildman–Crippen MR) is 262 cm³/mol. The van der Waals surface area contributed by atoms with Gasteiger partial charge in [0.2, 0.25) is 0 Å². The number of fused-ring (bicyclic) bond motifs is 8. The lowest BCUT2D eigenvalue weighted by Crippen LogP contribution is -2.15. The van der Waals surface area contributed by atoms with Crippen molar-refractivity contribution in [1.29, 1.82) is 0 Å². The van der Waals surface area contributed by atoms with Crippen molar-refractivity contribution in [2.24, 2.45) is 0 Å². The van der Waals surface area contributed by atoms with Crippen LogP contribution < -0.4 is 0 Å². The summed E-state index contributed by atoms with van der Waals surface area (Å²) in [6, 6.07) is 59.7. The normalized spacial score (nSPS) is 14.7. The Morgan fingerprint density at radius 3 is 1.44 bits per heavy atom. The lowest BCUT2D eigenvalue weighted by Gasteiger charge is -2.22. The molecule has 1 aromatic heterocycles. The third-order valence-corrected chi connectivity index (χ3v) is 14.0. The molecular weight excluding hydrogens is 763 g/mol. The highest BCUT2D eigenvalue weighted by Crippen LogP contribution is 2.51. The summed E-state index contributed by atoms with van der Waals surface area (Å²) in [5, 5.41) is 2.27. The van der Waals surface area contributed by atoms with E-state index in [2.05, 4.69) is 216 Å². The van der Waals surface area contributed by atoms with Gasteiger partial charge in [0.05, 0.1) is 0 Å². The molecule has 12 rings (SSSR count). The van der Waals surface area contributed by atoms with E-state index in [1.54, 1.807) is 0 Å². The lowest BCUT2D eigenvalue weighted by atomic mass is 9.81. The minimum absolute atomic E-state index is 0.0899. The quantitative estimate of drug-likeness (QED) is 0.174. The Kier molecular flexibility index (Phi) is 8.30. The van der Waals surface area contributed by atoms with Crippen LogP contribution in [0.2, 0.25) is 0 Å². The zero-order valence-corrected chi connectivity index (χ0v) is 35.9. The molecular formula is C60H45N3. The first kappa shape index (κ1) is 37.3. The fourth-order valence-corrected chi connectivity index (χ4v) is 10.7. The van der Waals surface area contributed by atoms with Crippen molar-refractivity contribution in [2.45, 2.75) is 44.9 Å². The van der Waals surface area contributed by atoms with Gasteiger partial charge >= 0.3 is 0 Å². The molecule has 0 unspecified atom stereocenters. The minimum Gasteiger partial charge on any atom is -0.208 e. The molecule has 0 radical (unpaired) electrons. The van der Waals surface area contributed by atoms with Crippen molar-refractivity contribution < 1.29 is 0 Å². The molecule has 0 saturated heterocycles. The van der Waals surface area contributed by atoms with E-state index in [9.17, 15) is 0 Å². The van der Waals surface area contributed by atoms with Crippen LogP contribution in [0.25, 0.3) is 102 Å². The number of hydrogen-bond acceptors (Lipinski definition) is 3. The van der Waals surface area contributed by atoms with Crippen molar-refractivity contribution >= 4 is 22.9 Å². The SMILES string of the molecule is CC1(C)c2ccccc2-c2ccc(-c3nc(-c4ccc(-c5ccccc5)c5c4C=CCC=C5)nc(-c4ccc(-c5ccc6c(c5)C(C)(C)c5ccccc5-6)c5ccccc45)n3)cc21. The standard InChI is InChI=1S/C60H45N3/c1-59(2)52-25-15-13-23-46(52)48-29-27-38(35-54(48)59)41-32-34-51(45-22-12-11-21-43(41)45)58-62-56(39-28-30-49-47-24-14-16-26-53(47)60(3,4)55(49)36-39)61-57(63-58)50-33-31-40(37-17-7-5-8-18-37)42-19-9-6-10-20-44(42)50/h5,7-36H,6H2,1-4H3. The van der Waals surface area contributed by atoms with E-state index in [1.165, 1.54) is 72.3 Å². The molecule has 0 bridgehead atoms. The van der Waals surface area contributed by atoms with Crippen LogP contribution in [0.3, 0.4) is 0 Å². The molecule has 0 saturated carbocycles. The topological polar surface area (TPSA) is 38.7 Å². The van der Waals surface area contributed by atoms with Crippen LogP contribution in [0.5, 0.6) is 0 Å². The second kappa shape index (κ2) is 14.0. The largest absolute Gasteiger partial charge is 0.208 e. The highest BCUT2D eigenvalue weighted by Gasteiger charge is 2.37. The lowest BCUT2D eigenvalue weighted by molar-refractivity contribution is 0.660. The van der Waals surface area contributed by atoms with Crippen LogP contribution >= 0.6 is 0 Å². The molecule has 3 aliphatic carbocycles. The highest BCUT2D eigenvalue weighted by atomic mass is 15.0. The zero-order valence-electron chi connectivity index (χ0n) is 35.9. The molecule has 3 heteroatoms. The van der Waals surface area contributed by atoms with Crippen molar-refractivity contribution in [2.75, 3.05) is 0 Å². The fraction of sp³-hybridized carbons (Fsp3) is 0.117. The van der Waals surface area contributed by atoms with Gasteiger partial charge in [0.15, 0.2) is 17.5 Å². The molecule has 3 aliphatic rings. The van der Waals surface area contributed by atoms with E-state index in [0.29, 0.717) is 17.5 Å². The van der Waals surface area contributed by atoms with Gasteiger partial charge in [0, 0.05) is 27.5 Å². The number of hydrogen-bond donors (Lipinski definition) is 0. The smallest absolute Gasteiger partial charge is 0.164 e. The molecule has 9 aromatic rings. The van der Waals surface area contributed by atoms with Gasteiger partial charge in [0.1, 0.15) is 0 Å². The predicted octanol–water partition coefficient (Wildman–Crippen LogP) is 15.4. The summed E-state index contributed by atoms with van der Waals surface area (Å²) in [7, 11) is 0. The van der Waals surface area contributed by atoms with Crippen molar-refractivity contribution in [1.82, 2.24) is 15.0 Å². The second-order valence-corrected chi connectivity index (χ2v) is 18.3. The van der Waals surface area contributed by atoms with Crippen molar-refractivity contribution in [3.05, 3.63) is 209 Å². The van der Waals surface area contributed by atoms with Gasteiger partial charge in [-0.3, -0.25) is 0 Å². The van der Waals surface area contributed by atoms with E-state index < -0.39 is 0 Å². The Bertz CT molecular complexity index is 3420. The Hall–Kier alpha value is -7.49. The molecule has 0 amide bonds. The van der Waals surface area contributed by atoms with Crippen molar-refractivity contribution in [3.63, 3.8) is 0 Å². The molecule has 0 atom stereocenters. The van der Waals surface area contributed by atoms with Gasteiger partial charge in [-0.25, -0.2) is 15.0 Å². The summed E-state index contributed by atoms with van der Waals surface area (Å²) in [5.74, 6) is 1.97. The Labute approximate surface area is 369 Å². The molecule has 3 nitrogen and oxygen atoms in total. The first-order chi connectivity index (χ1) is 30.8. The summed E-state index contributed by atoms with van der Waals surface area (Å²) in [6.07, 6.45) is 9.83. The minimum atomic E-state index is -0.163. The maximum atomic E-state index is 5.44. The number of nitrogens with zero attached hydrogens (tertiary/aromatic N) is 3. The molecule has 8 aromatic carbocycles. The molecule has 1 heterocycles. The average molecular weight is 808 g/mol. The summed E-state index contributed by atoms with van der Waals surface area (Å²) in [5.41, 5.74) is 20.3. The van der Waals surface area contributed by atoms with Crippen LogP contribution in [0.4, 0.5) is 0 Å². The Balaban J connectivity index is 1.06. The van der Waals surface area contributed by atoms with Crippen molar-refractivity contribution in [3.8, 4) is 78.7 Å². The van der Waals surface area contributed by atoms with Crippen LogP contribution in [0, 0.1) is 0 Å². The summed E-state index contributed by atoms with van der Waals surface area (Å²) in [6.45, 7) is 9.34. The average Bonchev–Trinajstić information content (AvgIpc) is 3.52. The summed E-state index contributed by atoms with van der Waals surface area (Å²) in [4.78, 5) is 16.2. The number of allylic oxidation sites excluding steroid dienone is 2. The van der Waals surface area contributed by atoms with Crippen LogP contribution in [-0.2, 0) is 10.8 Å². The van der Waals surface area contributed by atoms with Crippen LogP contribution in [0.15, 0.2) is 176 Å². The number of aromatic nitrogens is 3. The molecule has 300 valence electrons. The van der Waals surface area contributed by atoms with Gasteiger partial charge < -0.3 is 0 Å². The summed E-state index contributed by atoms with van der Waals surface area (Å²) < 4.78 is 0. The molecule has 0 spiro atoms. The second-order valence-electron chi connectivity index (χ2n) is 18.3. The molecule has 0 fully saturated rings. The van der Waals surface area contributed by atoms with Gasteiger partial charge in [-0.15, -0.1) is 0 Å². The van der Waals surface area contributed by atoms with E-state index in [-0.39, 0.29) is 10.8 Å². The van der Waals surface area contributed by atoms with E-state index in [4.69, 9.17) is 15.0 Å². The molecule has 63 heavy (non-hydrogen) atoms. The first-order valence-corrected chi connectivity index (χ1v) is 22.1. The Morgan fingerprint density at radius 1 is 0.333 bits per heavy atom. The highest BCUT2D eigenvalue weighted by molar-refractivity contribution is 6.05. The van der Waals surface area contributed by atoms with Gasteiger partial charge in [-0.1, -0.05) is 192 Å². The summed E-state index contributed by atoms with van der Waals surface area (Å²) >= 11 is 0. The molecule has 0 N–H and O–H groups in total. The first-order valence-electron chi connectivity index (χ1n) is 22.1. The number of rotatable bonds is 5. The van der Waals surface area contributed by atoms with Gasteiger partial charge in [-0.2, -0.15) is 0 Å². The van der Waals surface area contributed by atoms with Crippen LogP contribution in [0.1, 0.15) is 67.5 Å². The maximum absolute atomic E-state index is 5.44. The fourth-order valence-electron chi connectivity index (χ4n) is 10.7. The zero-order chi connectivity index (χ0) is 42.5. The van der Waals surface area contributed by atoms with Gasteiger partial charge in [-0.05, 0) is 119 Å². The maximum Gasteiger partial charge on any atom is 0.164 e. The monoisotopic (exact) mass is 807 g/mol. The van der Waals surface area contributed by atoms with Gasteiger partial charge in [0.25, 0.3) is 0 Å². The van der Waals surface area contributed by atoms with Crippen LogP contribution in [-0.4, -0.2) is 15.0 Å². The number of benzene rings is 8. The third-order valence-electron chi connectivity index (χ3n) is 14.0. The van der Waals surface area contributed by atoms with E-state index in [1.807, 2.05) is 0 Å².